The Morgan fingerprint density at radius 1 is 1.25 bits per heavy atom. The second-order valence-electron chi connectivity index (χ2n) is 4.77. The summed E-state index contributed by atoms with van der Waals surface area (Å²) in [6, 6.07) is 7.69. The molecule has 3 N–H and O–H groups in total. The largest absolute Gasteiger partial charge is 0.365 e. The Labute approximate surface area is 94.3 Å². The molecule has 1 amide bonds. The SMILES string of the molecule is C[N+](C)(C)c1[nH]c2ccccc2c1C(N)=O. The molecular weight excluding hydrogens is 202 g/mol. The minimum absolute atomic E-state index is 0.388. The van der Waals surface area contributed by atoms with Crippen LogP contribution in [0.3, 0.4) is 0 Å². The summed E-state index contributed by atoms with van der Waals surface area (Å²) in [5, 5.41) is 0.887. The molecule has 1 heterocycles. The van der Waals surface area contributed by atoms with Gasteiger partial charge in [0.15, 0.2) is 0 Å². The number of nitrogens with two attached hydrogens (primary N) is 1. The molecule has 2 aromatic rings. The lowest BCUT2D eigenvalue weighted by Crippen LogP contribution is -2.37. The Balaban J connectivity index is 2.84. The summed E-state index contributed by atoms with van der Waals surface area (Å²) in [5.74, 6) is 0.453. The molecule has 0 aliphatic heterocycles. The fourth-order valence-corrected chi connectivity index (χ4v) is 1.88. The first-order valence-electron chi connectivity index (χ1n) is 5.14. The van der Waals surface area contributed by atoms with Crippen LogP contribution in [0, 0.1) is 0 Å². The van der Waals surface area contributed by atoms with E-state index in [1.54, 1.807) is 0 Å². The lowest BCUT2D eigenvalue weighted by molar-refractivity contribution is 0.100. The van der Waals surface area contributed by atoms with Gasteiger partial charge in [-0.3, -0.25) is 9.28 Å². The van der Waals surface area contributed by atoms with Crippen LogP contribution in [0.15, 0.2) is 24.3 Å². The van der Waals surface area contributed by atoms with Gasteiger partial charge < -0.3 is 10.7 Å². The summed E-state index contributed by atoms with van der Waals surface area (Å²) in [7, 11) is 5.99. The van der Waals surface area contributed by atoms with Gasteiger partial charge in [0.25, 0.3) is 5.91 Å². The van der Waals surface area contributed by atoms with Crippen LogP contribution in [-0.4, -0.2) is 32.0 Å². The molecule has 1 aromatic carbocycles. The lowest BCUT2D eigenvalue weighted by Gasteiger charge is -2.22. The Morgan fingerprint density at radius 2 is 1.88 bits per heavy atom. The third-order valence-corrected chi connectivity index (χ3v) is 2.60. The van der Waals surface area contributed by atoms with Gasteiger partial charge in [-0.2, -0.15) is 0 Å². The normalized spacial score (nSPS) is 11.9. The van der Waals surface area contributed by atoms with E-state index in [0.29, 0.717) is 10.0 Å². The zero-order valence-electron chi connectivity index (χ0n) is 9.74. The average molecular weight is 218 g/mol. The van der Waals surface area contributed by atoms with Crippen LogP contribution >= 0.6 is 0 Å². The summed E-state index contributed by atoms with van der Waals surface area (Å²) in [5.41, 5.74) is 6.98. The molecule has 4 nitrogen and oxygen atoms in total. The number of hydrogen-bond acceptors (Lipinski definition) is 1. The number of para-hydroxylation sites is 1. The first-order chi connectivity index (χ1) is 7.41. The first-order valence-corrected chi connectivity index (χ1v) is 5.14. The fraction of sp³-hybridized carbons (Fsp3) is 0.250. The van der Waals surface area contributed by atoms with Crippen LogP contribution in [0.1, 0.15) is 10.4 Å². The number of H-pyrrole nitrogens is 1. The minimum Gasteiger partial charge on any atom is -0.365 e. The molecule has 0 saturated carbocycles. The quantitative estimate of drug-likeness (QED) is 0.737. The van der Waals surface area contributed by atoms with Gasteiger partial charge in [-0.15, -0.1) is 0 Å². The number of hydrogen-bond donors (Lipinski definition) is 2. The molecule has 0 aliphatic rings. The van der Waals surface area contributed by atoms with Crippen LogP contribution in [0.25, 0.3) is 10.9 Å². The molecule has 2 rings (SSSR count). The molecule has 0 spiro atoms. The van der Waals surface area contributed by atoms with Crippen molar-refractivity contribution < 1.29 is 4.79 Å². The van der Waals surface area contributed by atoms with Gasteiger partial charge in [0.05, 0.1) is 26.7 Å². The molecular formula is C12H16N3O+. The molecule has 1 aromatic heterocycles. The Morgan fingerprint density at radius 3 is 2.44 bits per heavy atom. The highest BCUT2D eigenvalue weighted by molar-refractivity contribution is 6.10. The maximum absolute atomic E-state index is 11.5. The second-order valence-corrected chi connectivity index (χ2v) is 4.77. The average Bonchev–Trinajstić information content (AvgIpc) is 2.55. The van der Waals surface area contributed by atoms with E-state index in [9.17, 15) is 4.79 Å². The smallest absolute Gasteiger partial charge is 0.257 e. The van der Waals surface area contributed by atoms with Gasteiger partial charge >= 0.3 is 0 Å². The van der Waals surface area contributed by atoms with Crippen molar-refractivity contribution in [2.45, 2.75) is 0 Å². The lowest BCUT2D eigenvalue weighted by atomic mass is 10.1. The Kier molecular flexibility index (Phi) is 2.24. The number of carbonyl (C=O) groups is 1. The summed E-state index contributed by atoms with van der Waals surface area (Å²) in [6.45, 7) is 0. The highest BCUT2D eigenvalue weighted by atomic mass is 16.1. The van der Waals surface area contributed by atoms with Crippen molar-refractivity contribution in [1.82, 2.24) is 9.47 Å². The molecule has 0 fully saturated rings. The molecule has 0 radical (unpaired) electrons. The van der Waals surface area contributed by atoms with E-state index >= 15 is 0 Å². The minimum atomic E-state index is -0.388. The van der Waals surface area contributed by atoms with Crippen LogP contribution in [0.5, 0.6) is 0 Å². The summed E-state index contributed by atoms with van der Waals surface area (Å²) in [6.07, 6.45) is 0. The molecule has 16 heavy (non-hydrogen) atoms. The van der Waals surface area contributed by atoms with Gasteiger partial charge in [0, 0.05) is 5.39 Å². The number of aromatic nitrogens is 1. The predicted octanol–water partition coefficient (Wildman–Crippen LogP) is 1.46. The monoisotopic (exact) mass is 218 g/mol. The maximum Gasteiger partial charge on any atom is 0.257 e. The molecule has 0 aliphatic carbocycles. The van der Waals surface area contributed by atoms with Gasteiger partial charge in [-0.05, 0) is 6.07 Å². The van der Waals surface area contributed by atoms with Gasteiger partial charge in [0.1, 0.15) is 5.56 Å². The highest BCUT2D eigenvalue weighted by Gasteiger charge is 2.26. The van der Waals surface area contributed by atoms with Crippen molar-refractivity contribution >= 4 is 22.6 Å². The zero-order valence-corrected chi connectivity index (χ0v) is 9.74. The van der Waals surface area contributed by atoms with E-state index in [2.05, 4.69) is 4.98 Å². The molecule has 4 heteroatoms. The maximum atomic E-state index is 11.5. The first kappa shape index (κ1) is 10.7. The van der Waals surface area contributed by atoms with E-state index in [1.165, 1.54) is 0 Å². The fourth-order valence-electron chi connectivity index (χ4n) is 1.88. The summed E-state index contributed by atoms with van der Waals surface area (Å²) in [4.78, 5) is 14.8. The third kappa shape index (κ3) is 1.57. The van der Waals surface area contributed by atoms with Crippen molar-refractivity contribution in [3.05, 3.63) is 29.8 Å². The number of fused-ring (bicyclic) bond motifs is 1. The Hall–Kier alpha value is -1.81. The van der Waals surface area contributed by atoms with Crippen LogP contribution in [-0.2, 0) is 0 Å². The van der Waals surface area contributed by atoms with Crippen molar-refractivity contribution in [2.75, 3.05) is 21.1 Å². The predicted molar refractivity (Wildman–Crippen MR) is 66.4 cm³/mol. The van der Waals surface area contributed by atoms with Crippen LogP contribution in [0.4, 0.5) is 5.82 Å². The molecule has 0 unspecified atom stereocenters. The van der Waals surface area contributed by atoms with Gasteiger partial charge in [-0.25, -0.2) is 0 Å². The number of aromatic amines is 1. The van der Waals surface area contributed by atoms with Crippen LogP contribution < -0.4 is 10.2 Å². The Bertz CT molecular complexity index is 549. The van der Waals surface area contributed by atoms with Crippen molar-refractivity contribution in [1.29, 1.82) is 0 Å². The van der Waals surface area contributed by atoms with Crippen molar-refractivity contribution in [3.8, 4) is 0 Å². The summed E-state index contributed by atoms with van der Waals surface area (Å²) >= 11 is 0. The zero-order chi connectivity index (χ0) is 11.9. The number of benzene rings is 1. The topological polar surface area (TPSA) is 58.9 Å². The number of nitrogens with zero attached hydrogens (tertiary/aromatic N) is 1. The standard InChI is InChI=1S/C12H15N3O/c1-15(2,3)12-10(11(13)16)8-6-4-5-7-9(8)14-12/h4-7H,1-3H3,(H2-,13,14,16)/p+1. The molecule has 0 bridgehead atoms. The molecule has 0 saturated heterocycles. The number of carbonyl (C=O) groups excluding carboxylic acids is 1. The van der Waals surface area contributed by atoms with E-state index in [4.69, 9.17) is 5.73 Å². The second kappa shape index (κ2) is 3.35. The van der Waals surface area contributed by atoms with Gasteiger partial charge in [-0.1, -0.05) is 18.2 Å². The molecule has 84 valence electrons. The van der Waals surface area contributed by atoms with E-state index in [-0.39, 0.29) is 5.91 Å². The van der Waals surface area contributed by atoms with Crippen LogP contribution in [0.2, 0.25) is 0 Å². The van der Waals surface area contributed by atoms with E-state index in [0.717, 1.165) is 16.7 Å². The number of primary amides is 1. The number of rotatable bonds is 2. The summed E-state index contributed by atoms with van der Waals surface area (Å²) < 4.78 is 0.535. The van der Waals surface area contributed by atoms with Crippen molar-refractivity contribution in [2.24, 2.45) is 5.73 Å². The van der Waals surface area contributed by atoms with Crippen molar-refractivity contribution in [3.63, 3.8) is 0 Å². The number of quaternary nitrogens is 1. The highest BCUT2D eigenvalue weighted by Crippen LogP contribution is 2.29. The number of nitrogens with one attached hydrogen (secondary N) is 1. The van der Waals surface area contributed by atoms with E-state index in [1.807, 2.05) is 45.4 Å². The molecule has 0 atom stereocenters. The number of amides is 1. The van der Waals surface area contributed by atoms with Gasteiger partial charge in [0.2, 0.25) is 5.82 Å². The van der Waals surface area contributed by atoms with E-state index < -0.39 is 0 Å². The third-order valence-electron chi connectivity index (χ3n) is 2.60.